The Morgan fingerprint density at radius 2 is 1.84 bits per heavy atom. The van der Waals surface area contributed by atoms with Gasteiger partial charge in [-0.25, -0.2) is 8.42 Å². The van der Waals surface area contributed by atoms with Gasteiger partial charge in [0, 0.05) is 25.7 Å². The fourth-order valence-corrected chi connectivity index (χ4v) is 3.48. The van der Waals surface area contributed by atoms with E-state index >= 15 is 0 Å². The molecule has 0 unspecified atom stereocenters. The maximum Gasteiger partial charge on any atom is 0.308 e. The molecule has 1 heterocycles. The summed E-state index contributed by atoms with van der Waals surface area (Å²) in [6, 6.07) is 5.04. The third-order valence-corrected chi connectivity index (χ3v) is 5.80. The fourth-order valence-electron chi connectivity index (χ4n) is 2.93. The van der Waals surface area contributed by atoms with Crippen LogP contribution < -0.4 is 4.31 Å². The molecule has 0 saturated carbocycles. The number of likely N-dealkylation sites (tertiary alicyclic amines) is 1. The van der Waals surface area contributed by atoms with Gasteiger partial charge in [0.15, 0.2) is 0 Å². The lowest BCUT2D eigenvalue weighted by atomic mass is 9.96. The van der Waals surface area contributed by atoms with Crippen molar-refractivity contribution in [1.29, 1.82) is 0 Å². The molecule has 25 heavy (non-hydrogen) atoms. The highest BCUT2D eigenvalue weighted by molar-refractivity contribution is 7.92. The number of sulfonamides is 1. The van der Waals surface area contributed by atoms with Gasteiger partial charge in [-0.3, -0.25) is 13.9 Å². The van der Waals surface area contributed by atoms with E-state index in [-0.39, 0.29) is 17.8 Å². The second-order valence-corrected chi connectivity index (χ2v) is 8.34. The van der Waals surface area contributed by atoms with E-state index in [1.165, 1.54) is 18.5 Å². The number of benzene rings is 1. The van der Waals surface area contributed by atoms with Crippen molar-refractivity contribution in [1.82, 2.24) is 4.90 Å². The first kappa shape index (κ1) is 19.2. The second-order valence-electron chi connectivity index (χ2n) is 6.32. The Bertz CT molecular complexity index is 767. The average Bonchev–Trinajstić information content (AvgIpc) is 2.59. The number of piperidine rings is 1. The minimum Gasteiger partial charge on any atom is -0.469 e. The molecule has 0 N–H and O–H groups in total. The Kier molecular flexibility index (Phi) is 5.72. The SMILES string of the molecule is COC(=O)C1CCN(C(=O)c2ccc(C)c(N(C)S(C)(=O)=O)c2)CC1. The van der Waals surface area contributed by atoms with Gasteiger partial charge in [0.25, 0.3) is 5.91 Å². The highest BCUT2D eigenvalue weighted by Gasteiger charge is 2.28. The van der Waals surface area contributed by atoms with Gasteiger partial charge in [0.05, 0.1) is 25.0 Å². The zero-order valence-electron chi connectivity index (χ0n) is 15.0. The standard InChI is InChI=1S/C17H24N2O5S/c1-12-5-6-14(11-15(12)18(2)25(4,22)23)16(20)19-9-7-13(8-10-19)17(21)24-3/h5-6,11,13H,7-10H2,1-4H3. The largest absolute Gasteiger partial charge is 0.469 e. The Balaban J connectivity index is 2.17. The van der Waals surface area contributed by atoms with Crippen LogP contribution in [0.1, 0.15) is 28.8 Å². The van der Waals surface area contributed by atoms with Crippen molar-refractivity contribution in [2.75, 3.05) is 37.8 Å². The maximum absolute atomic E-state index is 12.7. The lowest BCUT2D eigenvalue weighted by molar-refractivity contribution is -0.146. The summed E-state index contributed by atoms with van der Waals surface area (Å²) < 4.78 is 29.5. The normalized spacial score (nSPS) is 15.8. The van der Waals surface area contributed by atoms with Crippen LogP contribution in [0.5, 0.6) is 0 Å². The molecular formula is C17H24N2O5S. The Morgan fingerprint density at radius 1 is 1.24 bits per heavy atom. The van der Waals surface area contributed by atoms with E-state index in [1.54, 1.807) is 30.0 Å². The van der Waals surface area contributed by atoms with Gasteiger partial charge in [-0.05, 0) is 37.5 Å². The molecular weight excluding hydrogens is 344 g/mol. The van der Waals surface area contributed by atoms with Crippen LogP contribution in [0.4, 0.5) is 5.69 Å². The molecule has 2 rings (SSSR count). The van der Waals surface area contributed by atoms with E-state index in [0.717, 1.165) is 11.8 Å². The van der Waals surface area contributed by atoms with Crippen LogP contribution >= 0.6 is 0 Å². The molecule has 1 amide bonds. The summed E-state index contributed by atoms with van der Waals surface area (Å²) in [4.78, 5) is 26.0. The highest BCUT2D eigenvalue weighted by Crippen LogP contribution is 2.25. The number of anilines is 1. The summed E-state index contributed by atoms with van der Waals surface area (Å²) in [6.07, 6.45) is 2.26. The predicted octanol–water partition coefficient (Wildman–Crippen LogP) is 1.42. The van der Waals surface area contributed by atoms with Crippen molar-refractivity contribution in [2.24, 2.45) is 5.92 Å². The lowest BCUT2D eigenvalue weighted by Crippen LogP contribution is -2.40. The van der Waals surface area contributed by atoms with E-state index in [0.29, 0.717) is 37.2 Å². The van der Waals surface area contributed by atoms with Crippen LogP contribution in [0, 0.1) is 12.8 Å². The van der Waals surface area contributed by atoms with Gasteiger partial charge in [-0.1, -0.05) is 6.07 Å². The predicted molar refractivity (Wildman–Crippen MR) is 95.1 cm³/mol. The molecule has 0 bridgehead atoms. The van der Waals surface area contributed by atoms with Crippen LogP contribution in [-0.2, 0) is 19.6 Å². The van der Waals surface area contributed by atoms with Crippen molar-refractivity contribution in [2.45, 2.75) is 19.8 Å². The van der Waals surface area contributed by atoms with Crippen molar-refractivity contribution in [3.63, 3.8) is 0 Å². The molecule has 0 radical (unpaired) electrons. The van der Waals surface area contributed by atoms with E-state index < -0.39 is 10.0 Å². The van der Waals surface area contributed by atoms with E-state index in [2.05, 4.69) is 0 Å². The molecule has 1 fully saturated rings. The number of rotatable bonds is 4. The molecule has 1 aromatic rings. The Morgan fingerprint density at radius 3 is 2.36 bits per heavy atom. The molecule has 8 heteroatoms. The third kappa shape index (κ3) is 4.31. The summed E-state index contributed by atoms with van der Waals surface area (Å²) in [5, 5.41) is 0. The average molecular weight is 368 g/mol. The van der Waals surface area contributed by atoms with E-state index in [4.69, 9.17) is 4.74 Å². The molecule has 138 valence electrons. The molecule has 1 aromatic carbocycles. The number of hydrogen-bond acceptors (Lipinski definition) is 5. The fraction of sp³-hybridized carbons (Fsp3) is 0.529. The quantitative estimate of drug-likeness (QED) is 0.751. The number of nitrogens with zero attached hydrogens (tertiary/aromatic N) is 2. The number of amides is 1. The first-order valence-electron chi connectivity index (χ1n) is 8.06. The van der Waals surface area contributed by atoms with Gasteiger partial charge in [-0.2, -0.15) is 0 Å². The molecule has 1 aliphatic heterocycles. The molecule has 0 spiro atoms. The van der Waals surface area contributed by atoms with Crippen molar-refractivity contribution in [3.05, 3.63) is 29.3 Å². The number of ether oxygens (including phenoxy) is 1. The Labute approximate surface area is 148 Å². The molecule has 7 nitrogen and oxygen atoms in total. The summed E-state index contributed by atoms with van der Waals surface area (Å²) in [5.74, 6) is -0.565. The molecule has 0 aliphatic carbocycles. The van der Waals surface area contributed by atoms with Crippen LogP contribution in [0.3, 0.4) is 0 Å². The summed E-state index contributed by atoms with van der Waals surface area (Å²) in [5.41, 5.74) is 1.69. The smallest absolute Gasteiger partial charge is 0.308 e. The third-order valence-electron chi connectivity index (χ3n) is 4.61. The van der Waals surface area contributed by atoms with Crippen molar-refractivity contribution >= 4 is 27.6 Å². The first-order valence-corrected chi connectivity index (χ1v) is 9.91. The summed E-state index contributed by atoms with van der Waals surface area (Å²) in [6.45, 7) is 2.75. The van der Waals surface area contributed by atoms with Crippen LogP contribution in [0.15, 0.2) is 18.2 Å². The molecule has 1 saturated heterocycles. The number of aryl methyl sites for hydroxylation is 1. The van der Waals surface area contributed by atoms with Gasteiger partial charge in [0.2, 0.25) is 10.0 Å². The Hall–Kier alpha value is -2.09. The zero-order valence-corrected chi connectivity index (χ0v) is 15.8. The number of carbonyl (C=O) groups excluding carboxylic acids is 2. The molecule has 0 aromatic heterocycles. The van der Waals surface area contributed by atoms with Gasteiger partial charge in [0.1, 0.15) is 0 Å². The van der Waals surface area contributed by atoms with Crippen LogP contribution in [0.2, 0.25) is 0 Å². The lowest BCUT2D eigenvalue weighted by Gasteiger charge is -2.31. The maximum atomic E-state index is 12.7. The van der Waals surface area contributed by atoms with Crippen LogP contribution in [-0.4, -0.2) is 58.7 Å². The van der Waals surface area contributed by atoms with Crippen molar-refractivity contribution in [3.8, 4) is 0 Å². The topological polar surface area (TPSA) is 84.0 Å². The second kappa shape index (κ2) is 7.43. The van der Waals surface area contributed by atoms with Gasteiger partial charge in [-0.15, -0.1) is 0 Å². The van der Waals surface area contributed by atoms with E-state index in [1.807, 2.05) is 0 Å². The minimum atomic E-state index is -3.41. The summed E-state index contributed by atoms with van der Waals surface area (Å²) >= 11 is 0. The van der Waals surface area contributed by atoms with E-state index in [9.17, 15) is 18.0 Å². The zero-order chi connectivity index (χ0) is 18.8. The van der Waals surface area contributed by atoms with Crippen molar-refractivity contribution < 1.29 is 22.7 Å². The highest BCUT2D eigenvalue weighted by atomic mass is 32.2. The van der Waals surface area contributed by atoms with Gasteiger partial charge < -0.3 is 9.64 Å². The number of methoxy groups -OCH3 is 1. The molecule has 1 aliphatic rings. The minimum absolute atomic E-state index is 0.161. The van der Waals surface area contributed by atoms with Crippen LogP contribution in [0.25, 0.3) is 0 Å². The number of hydrogen-bond donors (Lipinski definition) is 0. The number of esters is 1. The molecule has 0 atom stereocenters. The summed E-state index contributed by atoms with van der Waals surface area (Å²) in [7, 11) is -0.575. The number of carbonyl (C=O) groups is 2. The monoisotopic (exact) mass is 368 g/mol. The first-order chi connectivity index (χ1) is 11.6. The van der Waals surface area contributed by atoms with Gasteiger partial charge >= 0.3 is 5.97 Å².